The van der Waals surface area contributed by atoms with Gasteiger partial charge in [-0.15, -0.1) is 0 Å². The van der Waals surface area contributed by atoms with E-state index in [0.29, 0.717) is 17.6 Å². The van der Waals surface area contributed by atoms with E-state index in [2.05, 4.69) is 5.32 Å². The molecule has 2 aromatic carbocycles. The SMILES string of the molecule is CCC(=O)[C@@H]1C[C@@H](OC(=O)N2Cc3cccc(Cl)c3C2)CN1C(=O)[C@@H](Nc1cc(F)cc(C(F)(F)F)c1)C(C)(C)C. The van der Waals surface area contributed by atoms with E-state index in [-0.39, 0.29) is 37.4 Å². The smallest absolute Gasteiger partial charge is 0.416 e. The van der Waals surface area contributed by atoms with Crippen LogP contribution in [0.1, 0.15) is 57.2 Å². The molecule has 0 radical (unpaired) electrons. The van der Waals surface area contributed by atoms with E-state index in [0.717, 1.165) is 23.3 Å². The summed E-state index contributed by atoms with van der Waals surface area (Å²) in [5.74, 6) is -1.92. The molecule has 12 heteroatoms. The van der Waals surface area contributed by atoms with Gasteiger partial charge in [0.05, 0.1) is 24.7 Å². The Morgan fingerprint density at radius 1 is 1.12 bits per heavy atom. The first kappa shape index (κ1) is 30.6. The fraction of sp³-hybridized carbons (Fsp3) is 0.483. The Bertz CT molecular complexity index is 1340. The summed E-state index contributed by atoms with van der Waals surface area (Å²) in [6.07, 6.45) is -5.96. The fourth-order valence-electron chi connectivity index (χ4n) is 5.21. The Morgan fingerprint density at radius 2 is 1.83 bits per heavy atom. The van der Waals surface area contributed by atoms with Crippen molar-refractivity contribution in [2.45, 2.75) is 78.0 Å². The molecule has 0 aliphatic carbocycles. The summed E-state index contributed by atoms with van der Waals surface area (Å²) in [6, 6.07) is 5.39. The van der Waals surface area contributed by atoms with Crippen molar-refractivity contribution in [1.82, 2.24) is 9.80 Å². The van der Waals surface area contributed by atoms with Crippen molar-refractivity contribution in [3.05, 3.63) is 63.9 Å². The molecule has 3 atom stereocenters. The molecule has 41 heavy (non-hydrogen) atoms. The van der Waals surface area contributed by atoms with E-state index >= 15 is 0 Å². The molecule has 0 unspecified atom stereocenters. The van der Waals surface area contributed by atoms with Crippen molar-refractivity contribution in [2.75, 3.05) is 11.9 Å². The standard InChI is InChI=1S/C29H32ClF4N3O4/c1-5-24(38)23-12-20(41-27(40)36-13-16-7-6-8-22(30)21(16)15-36)14-37(23)26(39)25(28(2,3)4)35-19-10-17(29(32,33)34)9-18(31)11-19/h6-11,20,23,25,35H,5,12-15H2,1-4H3/t20-,23+,25-/m1/s1. The number of alkyl halides is 3. The number of amides is 2. The number of carbonyl (C=O) groups is 3. The summed E-state index contributed by atoms with van der Waals surface area (Å²) in [5, 5.41) is 3.32. The number of benzene rings is 2. The first-order chi connectivity index (χ1) is 19.1. The third-order valence-corrected chi connectivity index (χ3v) is 7.72. The van der Waals surface area contributed by atoms with Crippen LogP contribution in [-0.4, -0.2) is 52.3 Å². The number of nitrogens with one attached hydrogen (secondary N) is 1. The van der Waals surface area contributed by atoms with Crippen LogP contribution in [0.15, 0.2) is 36.4 Å². The highest BCUT2D eigenvalue weighted by Crippen LogP contribution is 2.35. The molecule has 1 N–H and O–H groups in total. The maximum Gasteiger partial charge on any atom is 0.416 e. The van der Waals surface area contributed by atoms with Gasteiger partial charge in [0.2, 0.25) is 5.91 Å². The third-order valence-electron chi connectivity index (χ3n) is 7.37. The molecule has 4 rings (SSSR count). The van der Waals surface area contributed by atoms with Crippen LogP contribution in [0, 0.1) is 11.2 Å². The van der Waals surface area contributed by atoms with Gasteiger partial charge >= 0.3 is 12.3 Å². The van der Waals surface area contributed by atoms with Gasteiger partial charge in [0.25, 0.3) is 0 Å². The predicted molar refractivity (Wildman–Crippen MR) is 145 cm³/mol. The minimum Gasteiger partial charge on any atom is -0.444 e. The second kappa shape index (κ2) is 11.5. The molecule has 1 fully saturated rings. The van der Waals surface area contributed by atoms with E-state index in [1.807, 2.05) is 6.07 Å². The van der Waals surface area contributed by atoms with Crippen LogP contribution in [0.25, 0.3) is 0 Å². The number of ether oxygens (including phenoxy) is 1. The van der Waals surface area contributed by atoms with E-state index in [9.17, 15) is 31.9 Å². The molecule has 0 saturated carbocycles. The molecule has 0 bridgehead atoms. The summed E-state index contributed by atoms with van der Waals surface area (Å²) >= 11 is 6.25. The van der Waals surface area contributed by atoms with Crippen LogP contribution >= 0.6 is 11.6 Å². The molecule has 222 valence electrons. The quantitative estimate of drug-likeness (QED) is 0.389. The topological polar surface area (TPSA) is 79.0 Å². The van der Waals surface area contributed by atoms with Gasteiger partial charge in [0, 0.05) is 30.1 Å². The van der Waals surface area contributed by atoms with Crippen LogP contribution in [0.4, 0.5) is 28.0 Å². The van der Waals surface area contributed by atoms with Crippen LogP contribution in [0.5, 0.6) is 0 Å². The largest absolute Gasteiger partial charge is 0.444 e. The fourth-order valence-corrected chi connectivity index (χ4v) is 5.47. The Balaban J connectivity index is 1.53. The number of hydrogen-bond donors (Lipinski definition) is 1. The Hall–Kier alpha value is -3.34. The molecule has 0 aromatic heterocycles. The second-order valence-electron chi connectivity index (χ2n) is 11.5. The zero-order valence-corrected chi connectivity index (χ0v) is 23.9. The number of nitrogens with zero attached hydrogens (tertiary/aromatic N) is 2. The highest BCUT2D eigenvalue weighted by Gasteiger charge is 2.45. The summed E-state index contributed by atoms with van der Waals surface area (Å²) in [6.45, 7) is 7.26. The van der Waals surface area contributed by atoms with Crippen molar-refractivity contribution >= 4 is 35.1 Å². The molecule has 2 aromatic rings. The monoisotopic (exact) mass is 597 g/mol. The number of anilines is 1. The number of fused-ring (bicyclic) bond motifs is 1. The van der Waals surface area contributed by atoms with Crippen molar-refractivity contribution < 1.29 is 36.7 Å². The van der Waals surface area contributed by atoms with Crippen molar-refractivity contribution in [2.24, 2.45) is 5.41 Å². The van der Waals surface area contributed by atoms with Crippen molar-refractivity contribution in [3.63, 3.8) is 0 Å². The Morgan fingerprint density at radius 3 is 2.44 bits per heavy atom. The first-order valence-corrected chi connectivity index (χ1v) is 13.7. The minimum atomic E-state index is -4.79. The number of halogens is 5. The molecule has 0 spiro atoms. The highest BCUT2D eigenvalue weighted by atomic mass is 35.5. The van der Waals surface area contributed by atoms with Gasteiger partial charge in [-0.3, -0.25) is 14.5 Å². The number of rotatable bonds is 6. The second-order valence-corrected chi connectivity index (χ2v) is 11.9. The zero-order chi connectivity index (χ0) is 30.3. The van der Waals surface area contributed by atoms with Crippen molar-refractivity contribution in [3.8, 4) is 0 Å². The van der Waals surface area contributed by atoms with Gasteiger partial charge in [-0.25, -0.2) is 9.18 Å². The summed E-state index contributed by atoms with van der Waals surface area (Å²) in [5.41, 5.74) is -0.534. The molecule has 2 heterocycles. The molecule has 7 nitrogen and oxygen atoms in total. The summed E-state index contributed by atoms with van der Waals surface area (Å²) < 4.78 is 59.7. The van der Waals surface area contributed by atoms with Crippen LogP contribution in [-0.2, 0) is 33.6 Å². The number of likely N-dealkylation sites (tertiary alicyclic amines) is 1. The lowest BCUT2D eigenvalue weighted by Gasteiger charge is -2.36. The lowest BCUT2D eigenvalue weighted by Crippen LogP contribution is -2.52. The zero-order valence-electron chi connectivity index (χ0n) is 23.1. The van der Waals surface area contributed by atoms with E-state index in [1.165, 1.54) is 9.80 Å². The minimum absolute atomic E-state index is 0.0757. The maximum atomic E-state index is 14.1. The summed E-state index contributed by atoms with van der Waals surface area (Å²) in [4.78, 5) is 42.6. The maximum absolute atomic E-state index is 14.1. The molecule has 2 aliphatic rings. The lowest BCUT2D eigenvalue weighted by atomic mass is 9.85. The number of carbonyl (C=O) groups excluding carboxylic acids is 3. The highest BCUT2D eigenvalue weighted by molar-refractivity contribution is 6.31. The van der Waals surface area contributed by atoms with Gasteiger partial charge in [-0.1, -0.05) is 51.4 Å². The predicted octanol–water partition coefficient (Wildman–Crippen LogP) is 6.43. The molecular weight excluding hydrogens is 566 g/mol. The van der Waals surface area contributed by atoms with Crippen LogP contribution in [0.3, 0.4) is 0 Å². The van der Waals surface area contributed by atoms with Crippen LogP contribution < -0.4 is 5.32 Å². The lowest BCUT2D eigenvalue weighted by molar-refractivity contribution is -0.140. The van der Waals surface area contributed by atoms with Crippen LogP contribution in [0.2, 0.25) is 5.02 Å². The molecular formula is C29H32ClF4N3O4. The summed E-state index contributed by atoms with van der Waals surface area (Å²) in [7, 11) is 0. The van der Waals surface area contributed by atoms with E-state index < -0.39 is 53.2 Å². The van der Waals surface area contributed by atoms with Gasteiger partial charge in [0.1, 0.15) is 18.0 Å². The average molecular weight is 598 g/mol. The van der Waals surface area contributed by atoms with E-state index in [1.54, 1.807) is 39.8 Å². The van der Waals surface area contributed by atoms with Crippen molar-refractivity contribution in [1.29, 1.82) is 0 Å². The van der Waals surface area contributed by atoms with E-state index in [4.69, 9.17) is 16.3 Å². The number of ketones is 1. The Kier molecular flexibility index (Phi) is 8.59. The average Bonchev–Trinajstić information content (AvgIpc) is 3.50. The third kappa shape index (κ3) is 6.77. The number of hydrogen-bond acceptors (Lipinski definition) is 5. The molecule has 2 amide bonds. The van der Waals surface area contributed by atoms with Gasteiger partial charge < -0.3 is 15.0 Å². The Labute approximate surface area is 240 Å². The van der Waals surface area contributed by atoms with Gasteiger partial charge in [-0.2, -0.15) is 13.2 Å². The normalized spacial score (nSPS) is 19.6. The first-order valence-electron chi connectivity index (χ1n) is 13.3. The molecule has 1 saturated heterocycles. The number of Topliss-reactive ketones (excluding diaryl/α,β-unsaturated/α-hetero) is 1. The molecule has 2 aliphatic heterocycles. The van der Waals surface area contributed by atoms with Gasteiger partial charge in [-0.05, 0) is 40.8 Å². The van der Waals surface area contributed by atoms with Gasteiger partial charge in [0.15, 0.2) is 5.78 Å².